The molecule has 0 aliphatic rings. The Kier molecular flexibility index (Phi) is 3.23. The minimum absolute atomic E-state index is 0.0597. The van der Waals surface area contributed by atoms with Gasteiger partial charge >= 0.3 is 0 Å². The van der Waals surface area contributed by atoms with Crippen LogP contribution in [0.2, 0.25) is 0 Å². The lowest BCUT2D eigenvalue weighted by Crippen LogP contribution is -1.86. The van der Waals surface area contributed by atoms with E-state index < -0.39 is 5.82 Å². The number of halogens is 2. The molecule has 0 aliphatic heterocycles. The summed E-state index contributed by atoms with van der Waals surface area (Å²) >= 11 is 3.35. The highest BCUT2D eigenvalue weighted by molar-refractivity contribution is 9.10. The van der Waals surface area contributed by atoms with E-state index in [0.717, 1.165) is 10.0 Å². The molecule has 1 aromatic heterocycles. The summed E-state index contributed by atoms with van der Waals surface area (Å²) in [6, 6.07) is 11.3. The predicted molar refractivity (Wildman–Crippen MR) is 74.5 cm³/mol. The van der Waals surface area contributed by atoms with Crippen LogP contribution in [0.5, 0.6) is 5.75 Å². The van der Waals surface area contributed by atoms with Crippen LogP contribution in [-0.2, 0) is 0 Å². The maximum Gasteiger partial charge on any atom is 0.265 e. The number of phenolic OH excluding ortho intramolecular Hbond substituents is 1. The Morgan fingerprint density at radius 1 is 1.15 bits per heavy atom. The molecule has 20 heavy (non-hydrogen) atoms. The van der Waals surface area contributed by atoms with E-state index >= 15 is 0 Å². The summed E-state index contributed by atoms with van der Waals surface area (Å²) in [4.78, 5) is 4.11. The van der Waals surface area contributed by atoms with Crippen molar-refractivity contribution >= 4 is 15.9 Å². The Morgan fingerprint density at radius 3 is 2.70 bits per heavy atom. The van der Waals surface area contributed by atoms with Gasteiger partial charge in [0.1, 0.15) is 17.1 Å². The molecular weight excluding hydrogens is 327 g/mol. The molecule has 0 saturated heterocycles. The normalized spacial score (nSPS) is 10.7. The molecule has 2 aromatic carbocycles. The predicted octanol–water partition coefficient (Wildman–Crippen LogP) is 4.01. The molecule has 0 unspecified atom stereocenters. The molecule has 4 nitrogen and oxygen atoms in total. The van der Waals surface area contributed by atoms with Crippen molar-refractivity contribution in [2.75, 3.05) is 0 Å². The van der Waals surface area contributed by atoms with Gasteiger partial charge in [-0.2, -0.15) is 4.98 Å². The average molecular weight is 335 g/mol. The molecule has 3 rings (SSSR count). The van der Waals surface area contributed by atoms with E-state index in [1.165, 1.54) is 18.2 Å². The molecule has 0 amide bonds. The van der Waals surface area contributed by atoms with Crippen LogP contribution in [0, 0.1) is 5.82 Å². The standard InChI is InChI=1S/C14H8BrFN2O2/c15-9-4-1-3-8(7-9)13-17-14(20-18-13)12-10(16)5-2-6-11(12)19/h1-7,19H. The number of benzene rings is 2. The van der Waals surface area contributed by atoms with Gasteiger partial charge in [0.05, 0.1) is 0 Å². The van der Waals surface area contributed by atoms with E-state index in [1.54, 1.807) is 6.07 Å². The van der Waals surface area contributed by atoms with E-state index in [9.17, 15) is 9.50 Å². The molecule has 3 aromatic rings. The van der Waals surface area contributed by atoms with Crippen LogP contribution in [0.25, 0.3) is 22.8 Å². The first-order valence-corrected chi connectivity index (χ1v) is 6.52. The van der Waals surface area contributed by atoms with Crippen molar-refractivity contribution < 1.29 is 14.0 Å². The number of hydrogen-bond donors (Lipinski definition) is 1. The molecule has 0 aliphatic carbocycles. The van der Waals surface area contributed by atoms with Gasteiger partial charge < -0.3 is 9.63 Å². The van der Waals surface area contributed by atoms with Crippen molar-refractivity contribution in [2.45, 2.75) is 0 Å². The quantitative estimate of drug-likeness (QED) is 0.769. The van der Waals surface area contributed by atoms with Gasteiger partial charge in [0, 0.05) is 10.0 Å². The zero-order valence-electron chi connectivity index (χ0n) is 10.0. The summed E-state index contributed by atoms with van der Waals surface area (Å²) in [5.74, 6) is -0.594. The van der Waals surface area contributed by atoms with Crippen molar-refractivity contribution in [2.24, 2.45) is 0 Å². The Balaban J connectivity index is 2.07. The molecule has 0 radical (unpaired) electrons. The van der Waals surface area contributed by atoms with Crippen molar-refractivity contribution in [3.8, 4) is 28.6 Å². The number of nitrogens with zero attached hydrogens (tertiary/aromatic N) is 2. The lowest BCUT2D eigenvalue weighted by atomic mass is 10.2. The van der Waals surface area contributed by atoms with Crippen LogP contribution in [0.15, 0.2) is 51.5 Å². The minimum atomic E-state index is -0.616. The third-order valence-corrected chi connectivity index (χ3v) is 3.21. The van der Waals surface area contributed by atoms with Crippen LogP contribution in [0.4, 0.5) is 4.39 Å². The Bertz CT molecular complexity index is 753. The van der Waals surface area contributed by atoms with Gasteiger partial charge in [-0.3, -0.25) is 0 Å². The number of aromatic hydroxyl groups is 1. The van der Waals surface area contributed by atoms with Crippen LogP contribution in [-0.4, -0.2) is 15.2 Å². The monoisotopic (exact) mass is 334 g/mol. The number of phenols is 1. The molecule has 6 heteroatoms. The summed E-state index contributed by atoms with van der Waals surface area (Å²) in [6.45, 7) is 0. The van der Waals surface area contributed by atoms with Gasteiger partial charge in [-0.15, -0.1) is 0 Å². The second kappa shape index (κ2) is 5.05. The summed E-state index contributed by atoms with van der Waals surface area (Å²) in [5.41, 5.74) is 0.631. The molecule has 0 saturated carbocycles. The van der Waals surface area contributed by atoms with Crippen LogP contribution >= 0.6 is 15.9 Å². The number of rotatable bonds is 2. The van der Waals surface area contributed by atoms with E-state index in [0.29, 0.717) is 5.82 Å². The third kappa shape index (κ3) is 2.30. The van der Waals surface area contributed by atoms with Gasteiger partial charge in [0.25, 0.3) is 5.89 Å². The first kappa shape index (κ1) is 12.8. The highest BCUT2D eigenvalue weighted by Crippen LogP contribution is 2.31. The van der Waals surface area contributed by atoms with Gasteiger partial charge in [0.2, 0.25) is 5.82 Å². The molecule has 0 spiro atoms. The van der Waals surface area contributed by atoms with Gasteiger partial charge in [-0.1, -0.05) is 39.3 Å². The van der Waals surface area contributed by atoms with Crippen molar-refractivity contribution in [3.63, 3.8) is 0 Å². The van der Waals surface area contributed by atoms with E-state index in [2.05, 4.69) is 26.1 Å². The SMILES string of the molecule is Oc1cccc(F)c1-c1nc(-c2cccc(Br)c2)no1. The van der Waals surface area contributed by atoms with Gasteiger partial charge in [-0.05, 0) is 24.3 Å². The maximum atomic E-state index is 13.7. The lowest BCUT2D eigenvalue weighted by molar-refractivity contribution is 0.421. The number of aromatic nitrogens is 2. The Labute approximate surface area is 122 Å². The minimum Gasteiger partial charge on any atom is -0.507 e. The number of hydrogen-bond acceptors (Lipinski definition) is 4. The highest BCUT2D eigenvalue weighted by Gasteiger charge is 2.18. The molecule has 0 atom stereocenters. The van der Waals surface area contributed by atoms with Crippen LogP contribution in [0.3, 0.4) is 0 Å². The summed E-state index contributed by atoms with van der Waals surface area (Å²) in [6.07, 6.45) is 0. The Hall–Kier alpha value is -2.21. The van der Waals surface area contributed by atoms with Crippen LogP contribution in [0.1, 0.15) is 0 Å². The molecule has 100 valence electrons. The van der Waals surface area contributed by atoms with Crippen molar-refractivity contribution in [3.05, 3.63) is 52.8 Å². The zero-order valence-corrected chi connectivity index (χ0v) is 11.6. The fourth-order valence-electron chi connectivity index (χ4n) is 1.79. The summed E-state index contributed by atoms with van der Waals surface area (Å²) in [5, 5.41) is 13.5. The van der Waals surface area contributed by atoms with E-state index in [-0.39, 0.29) is 17.2 Å². The van der Waals surface area contributed by atoms with E-state index in [4.69, 9.17) is 4.52 Å². The first-order valence-electron chi connectivity index (χ1n) is 5.72. The zero-order chi connectivity index (χ0) is 14.1. The maximum absolute atomic E-state index is 13.7. The summed E-state index contributed by atoms with van der Waals surface area (Å²) < 4.78 is 19.6. The molecular formula is C14H8BrFN2O2. The molecule has 1 heterocycles. The smallest absolute Gasteiger partial charge is 0.265 e. The van der Waals surface area contributed by atoms with Gasteiger partial charge in [0.15, 0.2) is 0 Å². The first-order chi connectivity index (χ1) is 9.65. The van der Waals surface area contributed by atoms with Crippen LogP contribution < -0.4 is 0 Å². The average Bonchev–Trinajstić information content (AvgIpc) is 2.88. The molecule has 0 fully saturated rings. The summed E-state index contributed by atoms with van der Waals surface area (Å²) in [7, 11) is 0. The van der Waals surface area contributed by atoms with Crippen molar-refractivity contribution in [1.82, 2.24) is 10.1 Å². The second-order valence-corrected chi connectivity index (χ2v) is 4.98. The topological polar surface area (TPSA) is 59.2 Å². The van der Waals surface area contributed by atoms with Crippen molar-refractivity contribution in [1.29, 1.82) is 0 Å². The van der Waals surface area contributed by atoms with Gasteiger partial charge in [-0.25, -0.2) is 4.39 Å². The largest absolute Gasteiger partial charge is 0.507 e. The highest BCUT2D eigenvalue weighted by atomic mass is 79.9. The Morgan fingerprint density at radius 2 is 1.95 bits per heavy atom. The molecule has 0 bridgehead atoms. The van der Waals surface area contributed by atoms with E-state index in [1.807, 2.05) is 18.2 Å². The molecule has 1 N–H and O–H groups in total. The second-order valence-electron chi connectivity index (χ2n) is 4.07. The fourth-order valence-corrected chi connectivity index (χ4v) is 2.19. The lowest BCUT2D eigenvalue weighted by Gasteiger charge is -1.99. The fraction of sp³-hybridized carbons (Fsp3) is 0. The third-order valence-electron chi connectivity index (χ3n) is 2.71.